The second-order valence-corrected chi connectivity index (χ2v) is 3.20. The number of nitrogen functional groups attached to an aromatic ring is 1. The second kappa shape index (κ2) is 3.34. The van der Waals surface area contributed by atoms with Gasteiger partial charge in [0.2, 0.25) is 5.88 Å². The Balaban J connectivity index is 2.58. The van der Waals surface area contributed by atoms with E-state index in [1.54, 1.807) is 6.92 Å². The van der Waals surface area contributed by atoms with Crippen LogP contribution in [0.2, 0.25) is 0 Å². The standard InChI is InChI=1S/C10H8F2N2O/c1-5-2-6(8(12)3-7(5)11)9-4-10(13)15-14-9/h2-4H,13H2,1H3. The first-order valence-corrected chi connectivity index (χ1v) is 4.26. The van der Waals surface area contributed by atoms with Gasteiger partial charge in [0.1, 0.15) is 17.3 Å². The molecule has 0 bridgehead atoms. The van der Waals surface area contributed by atoms with Crippen molar-refractivity contribution in [3.8, 4) is 11.3 Å². The molecule has 0 atom stereocenters. The van der Waals surface area contributed by atoms with E-state index >= 15 is 0 Å². The van der Waals surface area contributed by atoms with Gasteiger partial charge in [0.25, 0.3) is 0 Å². The van der Waals surface area contributed by atoms with E-state index < -0.39 is 11.6 Å². The van der Waals surface area contributed by atoms with Gasteiger partial charge in [0.15, 0.2) is 0 Å². The molecular weight excluding hydrogens is 202 g/mol. The van der Waals surface area contributed by atoms with Crippen LogP contribution in [-0.2, 0) is 0 Å². The molecule has 2 aromatic rings. The van der Waals surface area contributed by atoms with E-state index in [0.29, 0.717) is 5.56 Å². The molecule has 0 aliphatic carbocycles. The molecule has 78 valence electrons. The zero-order chi connectivity index (χ0) is 11.0. The number of hydrogen-bond acceptors (Lipinski definition) is 3. The third kappa shape index (κ3) is 1.68. The van der Waals surface area contributed by atoms with Gasteiger partial charge in [-0.2, -0.15) is 0 Å². The van der Waals surface area contributed by atoms with E-state index in [4.69, 9.17) is 5.73 Å². The van der Waals surface area contributed by atoms with E-state index in [9.17, 15) is 8.78 Å². The van der Waals surface area contributed by atoms with Gasteiger partial charge < -0.3 is 10.3 Å². The Morgan fingerprint density at radius 1 is 1.20 bits per heavy atom. The molecule has 1 aromatic heterocycles. The predicted octanol–water partition coefficient (Wildman–Crippen LogP) is 2.51. The van der Waals surface area contributed by atoms with Crippen LogP contribution < -0.4 is 5.73 Å². The van der Waals surface area contributed by atoms with Crippen LogP contribution in [0.5, 0.6) is 0 Å². The van der Waals surface area contributed by atoms with E-state index in [1.807, 2.05) is 0 Å². The summed E-state index contributed by atoms with van der Waals surface area (Å²) in [5.41, 5.74) is 6.08. The molecule has 1 heterocycles. The van der Waals surface area contributed by atoms with Gasteiger partial charge in [0, 0.05) is 17.7 Å². The number of nitrogens with zero attached hydrogens (tertiary/aromatic N) is 1. The van der Waals surface area contributed by atoms with Crippen LogP contribution in [0.15, 0.2) is 22.7 Å². The van der Waals surface area contributed by atoms with Crippen molar-refractivity contribution in [1.29, 1.82) is 0 Å². The first-order chi connectivity index (χ1) is 7.08. The highest BCUT2D eigenvalue weighted by Crippen LogP contribution is 2.25. The van der Waals surface area contributed by atoms with Crippen LogP contribution in [0.1, 0.15) is 5.56 Å². The maximum Gasteiger partial charge on any atom is 0.222 e. The fourth-order valence-corrected chi connectivity index (χ4v) is 1.27. The average Bonchev–Trinajstić information content (AvgIpc) is 2.58. The normalized spacial score (nSPS) is 10.6. The molecule has 0 spiro atoms. The number of aromatic nitrogens is 1. The van der Waals surface area contributed by atoms with E-state index in [0.717, 1.165) is 6.07 Å². The number of benzene rings is 1. The molecule has 2 N–H and O–H groups in total. The van der Waals surface area contributed by atoms with Crippen molar-refractivity contribution in [3.63, 3.8) is 0 Å². The third-order valence-electron chi connectivity index (χ3n) is 2.05. The van der Waals surface area contributed by atoms with Crippen molar-refractivity contribution in [2.45, 2.75) is 6.92 Å². The Morgan fingerprint density at radius 2 is 1.93 bits per heavy atom. The van der Waals surface area contributed by atoms with Crippen LogP contribution >= 0.6 is 0 Å². The van der Waals surface area contributed by atoms with Crippen molar-refractivity contribution in [1.82, 2.24) is 5.16 Å². The molecule has 0 aliphatic rings. The molecule has 0 amide bonds. The average molecular weight is 210 g/mol. The lowest BCUT2D eigenvalue weighted by Crippen LogP contribution is -1.90. The van der Waals surface area contributed by atoms with Gasteiger partial charge in [-0.05, 0) is 18.6 Å². The molecule has 0 fully saturated rings. The summed E-state index contributed by atoms with van der Waals surface area (Å²) in [6.45, 7) is 1.54. The third-order valence-corrected chi connectivity index (χ3v) is 2.05. The Hall–Kier alpha value is -1.91. The Kier molecular flexibility index (Phi) is 2.15. The van der Waals surface area contributed by atoms with Crippen LogP contribution in [0.4, 0.5) is 14.7 Å². The summed E-state index contributed by atoms with van der Waals surface area (Å²) < 4.78 is 30.9. The molecule has 0 unspecified atom stereocenters. The minimum atomic E-state index is -0.689. The lowest BCUT2D eigenvalue weighted by molar-refractivity contribution is 0.438. The Bertz CT molecular complexity index is 508. The van der Waals surface area contributed by atoms with Crippen molar-refractivity contribution in [2.75, 3.05) is 5.73 Å². The topological polar surface area (TPSA) is 52.0 Å². The van der Waals surface area contributed by atoms with E-state index in [-0.39, 0.29) is 17.1 Å². The maximum absolute atomic E-state index is 13.4. The highest BCUT2D eigenvalue weighted by atomic mass is 19.1. The van der Waals surface area contributed by atoms with Crippen LogP contribution in [-0.4, -0.2) is 5.16 Å². The highest BCUT2D eigenvalue weighted by Gasteiger charge is 2.12. The summed E-state index contributed by atoms with van der Waals surface area (Å²) in [6, 6.07) is 3.56. The number of nitrogens with two attached hydrogens (primary N) is 1. The van der Waals surface area contributed by atoms with Gasteiger partial charge in [-0.1, -0.05) is 5.16 Å². The molecule has 0 saturated carbocycles. The quantitative estimate of drug-likeness (QED) is 0.786. The summed E-state index contributed by atoms with van der Waals surface area (Å²) in [4.78, 5) is 0. The molecule has 0 saturated heterocycles. The molecule has 2 rings (SSSR count). The first kappa shape index (κ1) is 9.64. The van der Waals surface area contributed by atoms with Crippen LogP contribution in [0, 0.1) is 18.6 Å². The van der Waals surface area contributed by atoms with Crippen molar-refractivity contribution in [2.24, 2.45) is 0 Å². The van der Waals surface area contributed by atoms with Crippen molar-refractivity contribution < 1.29 is 13.3 Å². The Labute approximate surface area is 84.5 Å². The SMILES string of the molecule is Cc1cc(-c2cc(N)on2)c(F)cc1F. The molecular formula is C10H8F2N2O. The van der Waals surface area contributed by atoms with E-state index in [1.165, 1.54) is 12.1 Å². The number of hydrogen-bond donors (Lipinski definition) is 1. The zero-order valence-corrected chi connectivity index (χ0v) is 7.92. The number of halogens is 2. The van der Waals surface area contributed by atoms with Crippen LogP contribution in [0.25, 0.3) is 11.3 Å². The number of anilines is 1. The largest absolute Gasteiger partial charge is 0.368 e. The molecule has 5 heteroatoms. The highest BCUT2D eigenvalue weighted by molar-refractivity contribution is 5.62. The fraction of sp³-hybridized carbons (Fsp3) is 0.100. The van der Waals surface area contributed by atoms with Gasteiger partial charge in [-0.3, -0.25) is 0 Å². The van der Waals surface area contributed by atoms with Gasteiger partial charge >= 0.3 is 0 Å². The minimum absolute atomic E-state index is 0.0892. The number of rotatable bonds is 1. The summed E-state index contributed by atoms with van der Waals surface area (Å²) in [5, 5.41) is 3.56. The molecule has 0 radical (unpaired) electrons. The van der Waals surface area contributed by atoms with Crippen LogP contribution in [0.3, 0.4) is 0 Å². The van der Waals surface area contributed by atoms with Crippen molar-refractivity contribution in [3.05, 3.63) is 35.4 Å². The summed E-state index contributed by atoms with van der Waals surface area (Å²) in [6.07, 6.45) is 0. The molecule has 3 nitrogen and oxygen atoms in total. The molecule has 0 aliphatic heterocycles. The molecule has 1 aromatic carbocycles. The smallest absolute Gasteiger partial charge is 0.222 e. The Morgan fingerprint density at radius 3 is 2.53 bits per heavy atom. The lowest BCUT2D eigenvalue weighted by Gasteiger charge is -2.01. The zero-order valence-electron chi connectivity index (χ0n) is 7.92. The van der Waals surface area contributed by atoms with Crippen molar-refractivity contribution >= 4 is 5.88 Å². The minimum Gasteiger partial charge on any atom is -0.368 e. The monoisotopic (exact) mass is 210 g/mol. The second-order valence-electron chi connectivity index (χ2n) is 3.20. The lowest BCUT2D eigenvalue weighted by atomic mass is 10.1. The first-order valence-electron chi connectivity index (χ1n) is 4.26. The predicted molar refractivity (Wildman–Crippen MR) is 51.0 cm³/mol. The van der Waals surface area contributed by atoms with E-state index in [2.05, 4.69) is 9.68 Å². The van der Waals surface area contributed by atoms with Gasteiger partial charge in [0.05, 0.1) is 0 Å². The van der Waals surface area contributed by atoms with Gasteiger partial charge in [-0.15, -0.1) is 0 Å². The molecule has 15 heavy (non-hydrogen) atoms. The number of aryl methyl sites for hydroxylation is 1. The summed E-state index contributed by atoms with van der Waals surface area (Å²) in [7, 11) is 0. The fourth-order valence-electron chi connectivity index (χ4n) is 1.27. The summed E-state index contributed by atoms with van der Waals surface area (Å²) >= 11 is 0. The maximum atomic E-state index is 13.4. The van der Waals surface area contributed by atoms with Gasteiger partial charge in [-0.25, -0.2) is 8.78 Å². The summed E-state index contributed by atoms with van der Waals surface area (Å²) in [5.74, 6) is -1.19.